The second kappa shape index (κ2) is 5.30. The summed E-state index contributed by atoms with van der Waals surface area (Å²) in [6, 6.07) is 0. The predicted octanol–water partition coefficient (Wildman–Crippen LogP) is 0.736. The Morgan fingerprint density at radius 1 is 1.44 bits per heavy atom. The zero-order valence-electron chi connectivity index (χ0n) is 9.86. The maximum Gasteiger partial charge on any atom is 0.311 e. The molecule has 1 fully saturated rings. The highest BCUT2D eigenvalue weighted by molar-refractivity contribution is 5.81. The molecule has 0 saturated carbocycles. The molecule has 5 heteroatoms. The third kappa shape index (κ3) is 2.52. The largest absolute Gasteiger partial charge is 0.481 e. The number of ether oxygens (including phenoxy) is 1. The predicted molar refractivity (Wildman–Crippen MR) is 58.0 cm³/mol. The molecule has 1 rings (SSSR count). The lowest BCUT2D eigenvalue weighted by atomic mass is 9.84. The van der Waals surface area contributed by atoms with E-state index in [1.807, 2.05) is 13.8 Å². The van der Waals surface area contributed by atoms with Crippen LogP contribution in [0, 0.1) is 5.41 Å². The van der Waals surface area contributed by atoms with Crippen LogP contribution in [-0.2, 0) is 14.3 Å². The van der Waals surface area contributed by atoms with Crippen molar-refractivity contribution in [3.8, 4) is 0 Å². The fourth-order valence-electron chi connectivity index (χ4n) is 1.98. The van der Waals surface area contributed by atoms with Crippen molar-refractivity contribution in [1.29, 1.82) is 0 Å². The number of carboxylic acid groups (broad SMARTS) is 1. The van der Waals surface area contributed by atoms with Crippen LogP contribution in [0.3, 0.4) is 0 Å². The Bertz CT molecular complexity index is 279. The van der Waals surface area contributed by atoms with E-state index < -0.39 is 11.4 Å². The van der Waals surface area contributed by atoms with Crippen molar-refractivity contribution in [2.75, 3.05) is 26.3 Å². The first-order chi connectivity index (χ1) is 7.55. The number of nitrogens with zero attached hydrogens (tertiary/aromatic N) is 1. The average molecular weight is 229 g/mol. The summed E-state index contributed by atoms with van der Waals surface area (Å²) in [6.07, 6.45) is 1.09. The summed E-state index contributed by atoms with van der Waals surface area (Å²) in [6.45, 7) is 5.06. The van der Waals surface area contributed by atoms with Gasteiger partial charge in [0.25, 0.3) is 0 Å². The average Bonchev–Trinajstić information content (AvgIpc) is 2.71. The van der Waals surface area contributed by atoms with Crippen molar-refractivity contribution in [1.82, 2.24) is 4.90 Å². The fourth-order valence-corrected chi connectivity index (χ4v) is 1.98. The van der Waals surface area contributed by atoms with Gasteiger partial charge < -0.3 is 14.7 Å². The summed E-state index contributed by atoms with van der Waals surface area (Å²) in [5.41, 5.74) is -0.748. The number of carboxylic acids is 1. The van der Waals surface area contributed by atoms with E-state index in [0.29, 0.717) is 32.5 Å². The molecule has 0 aromatic heterocycles. The molecule has 1 unspecified atom stereocenters. The van der Waals surface area contributed by atoms with Crippen molar-refractivity contribution in [3.05, 3.63) is 0 Å². The van der Waals surface area contributed by atoms with Crippen LogP contribution in [0.1, 0.15) is 26.7 Å². The van der Waals surface area contributed by atoms with E-state index in [9.17, 15) is 14.7 Å². The molecular weight excluding hydrogens is 210 g/mol. The van der Waals surface area contributed by atoms with E-state index in [-0.39, 0.29) is 12.5 Å². The molecule has 5 nitrogen and oxygen atoms in total. The lowest BCUT2D eigenvalue weighted by Crippen LogP contribution is -2.37. The van der Waals surface area contributed by atoms with Gasteiger partial charge in [-0.1, -0.05) is 6.92 Å². The lowest BCUT2D eigenvalue weighted by Gasteiger charge is -2.22. The van der Waals surface area contributed by atoms with Crippen molar-refractivity contribution in [2.24, 2.45) is 5.41 Å². The first-order valence-electron chi connectivity index (χ1n) is 5.64. The van der Waals surface area contributed by atoms with Crippen LogP contribution >= 0.6 is 0 Å². The first kappa shape index (κ1) is 13.0. The molecule has 1 aliphatic heterocycles. The van der Waals surface area contributed by atoms with Crippen LogP contribution in [0.2, 0.25) is 0 Å². The van der Waals surface area contributed by atoms with Gasteiger partial charge in [-0.25, -0.2) is 0 Å². The third-order valence-corrected chi connectivity index (χ3v) is 3.27. The third-order valence-electron chi connectivity index (χ3n) is 3.27. The SMILES string of the molecule is CCOCC(=O)N1CCC(CC)(C(=O)O)C1. The normalized spacial score (nSPS) is 24.8. The molecule has 0 aliphatic carbocycles. The van der Waals surface area contributed by atoms with Crippen molar-refractivity contribution >= 4 is 11.9 Å². The zero-order chi connectivity index (χ0) is 12.2. The van der Waals surface area contributed by atoms with Crippen molar-refractivity contribution < 1.29 is 19.4 Å². The van der Waals surface area contributed by atoms with E-state index in [1.54, 1.807) is 4.90 Å². The van der Waals surface area contributed by atoms with Crippen LogP contribution < -0.4 is 0 Å². The van der Waals surface area contributed by atoms with E-state index in [1.165, 1.54) is 0 Å². The molecule has 1 amide bonds. The van der Waals surface area contributed by atoms with Crippen molar-refractivity contribution in [3.63, 3.8) is 0 Å². The van der Waals surface area contributed by atoms with Gasteiger partial charge in [0.1, 0.15) is 6.61 Å². The summed E-state index contributed by atoms with van der Waals surface area (Å²) >= 11 is 0. The molecule has 0 bridgehead atoms. The van der Waals surface area contributed by atoms with Gasteiger partial charge in [-0.3, -0.25) is 9.59 Å². The summed E-state index contributed by atoms with van der Waals surface area (Å²) in [4.78, 5) is 24.4. The smallest absolute Gasteiger partial charge is 0.311 e. The number of hydrogen-bond donors (Lipinski definition) is 1. The lowest BCUT2D eigenvalue weighted by molar-refractivity contribution is -0.149. The van der Waals surface area contributed by atoms with Crippen LogP contribution in [-0.4, -0.2) is 48.2 Å². The summed E-state index contributed by atoms with van der Waals surface area (Å²) in [7, 11) is 0. The number of hydrogen-bond acceptors (Lipinski definition) is 3. The Labute approximate surface area is 95.4 Å². The Morgan fingerprint density at radius 2 is 2.12 bits per heavy atom. The van der Waals surface area contributed by atoms with Gasteiger partial charge in [0, 0.05) is 19.7 Å². The number of carbonyl (C=O) groups excluding carboxylic acids is 1. The van der Waals surface area contributed by atoms with Gasteiger partial charge in [-0.2, -0.15) is 0 Å². The molecule has 1 aliphatic rings. The first-order valence-corrected chi connectivity index (χ1v) is 5.64. The molecule has 16 heavy (non-hydrogen) atoms. The minimum Gasteiger partial charge on any atom is -0.481 e. The van der Waals surface area contributed by atoms with Crippen LogP contribution in [0.25, 0.3) is 0 Å². The maximum absolute atomic E-state index is 11.6. The number of amides is 1. The van der Waals surface area contributed by atoms with Gasteiger partial charge in [-0.05, 0) is 19.8 Å². The Hall–Kier alpha value is -1.10. The molecule has 1 heterocycles. The monoisotopic (exact) mass is 229 g/mol. The fraction of sp³-hybridized carbons (Fsp3) is 0.818. The Morgan fingerprint density at radius 3 is 2.56 bits per heavy atom. The minimum absolute atomic E-state index is 0.0515. The van der Waals surface area contributed by atoms with Gasteiger partial charge in [0.15, 0.2) is 0 Å². The number of carbonyl (C=O) groups is 2. The Kier molecular flexibility index (Phi) is 4.29. The van der Waals surface area contributed by atoms with Crippen LogP contribution in [0.5, 0.6) is 0 Å². The zero-order valence-corrected chi connectivity index (χ0v) is 9.86. The van der Waals surface area contributed by atoms with Gasteiger partial charge >= 0.3 is 5.97 Å². The highest BCUT2D eigenvalue weighted by atomic mass is 16.5. The number of likely N-dealkylation sites (tertiary alicyclic amines) is 1. The molecule has 1 saturated heterocycles. The van der Waals surface area contributed by atoms with E-state index >= 15 is 0 Å². The minimum atomic E-state index is -0.804. The number of rotatable bonds is 5. The van der Waals surface area contributed by atoms with Gasteiger partial charge in [-0.15, -0.1) is 0 Å². The molecule has 1 atom stereocenters. The molecule has 0 spiro atoms. The standard InChI is InChI=1S/C11H19NO4/c1-3-11(10(14)15)5-6-12(8-11)9(13)7-16-4-2/h3-8H2,1-2H3,(H,14,15). The highest BCUT2D eigenvalue weighted by Crippen LogP contribution is 2.34. The van der Waals surface area contributed by atoms with E-state index in [0.717, 1.165) is 0 Å². The van der Waals surface area contributed by atoms with Crippen LogP contribution in [0.4, 0.5) is 0 Å². The molecule has 92 valence electrons. The maximum atomic E-state index is 11.6. The van der Waals surface area contributed by atoms with Gasteiger partial charge in [0.2, 0.25) is 5.91 Å². The second-order valence-electron chi connectivity index (χ2n) is 4.14. The summed E-state index contributed by atoms with van der Waals surface area (Å²) < 4.78 is 5.03. The molecular formula is C11H19NO4. The van der Waals surface area contributed by atoms with E-state index in [2.05, 4.69) is 0 Å². The van der Waals surface area contributed by atoms with Gasteiger partial charge in [0.05, 0.1) is 5.41 Å². The molecule has 0 radical (unpaired) electrons. The second-order valence-corrected chi connectivity index (χ2v) is 4.14. The molecule has 1 N–H and O–H groups in total. The van der Waals surface area contributed by atoms with Crippen molar-refractivity contribution in [2.45, 2.75) is 26.7 Å². The Balaban J connectivity index is 2.57. The summed E-state index contributed by atoms with van der Waals surface area (Å²) in [5, 5.41) is 9.17. The number of aliphatic carboxylic acids is 1. The highest BCUT2D eigenvalue weighted by Gasteiger charge is 2.44. The molecule has 0 aromatic rings. The quantitative estimate of drug-likeness (QED) is 0.755. The summed E-state index contributed by atoms with van der Waals surface area (Å²) in [5.74, 6) is -0.917. The topological polar surface area (TPSA) is 66.8 Å². The van der Waals surface area contributed by atoms with E-state index in [4.69, 9.17) is 4.74 Å². The van der Waals surface area contributed by atoms with Crippen LogP contribution in [0.15, 0.2) is 0 Å². The molecule has 0 aromatic carbocycles.